The molecule has 0 spiro atoms. The number of hydrogen-bond donors (Lipinski definition) is 0. The van der Waals surface area contributed by atoms with Crippen LogP contribution in [-0.4, -0.2) is 118 Å². The van der Waals surface area contributed by atoms with E-state index < -0.39 is 15.4 Å². The lowest BCUT2D eigenvalue weighted by Crippen LogP contribution is -2.44. The van der Waals surface area contributed by atoms with Crippen molar-refractivity contribution in [1.29, 1.82) is 0 Å². The Morgan fingerprint density at radius 3 is 1.22 bits per heavy atom. The average Bonchev–Trinajstić information content (AvgIpc) is 3.36. The van der Waals surface area contributed by atoms with Gasteiger partial charge in [-0.3, -0.25) is 9.59 Å². The molecule has 3 unspecified atom stereocenters. The molecule has 72 heavy (non-hydrogen) atoms. The third-order valence-corrected chi connectivity index (χ3v) is 19.7. The van der Waals surface area contributed by atoms with Gasteiger partial charge >= 0.3 is 0 Å². The number of Topliss-reactive ketones (excluding diaryl/α,β-unsaturated/α-hetero) is 2. The summed E-state index contributed by atoms with van der Waals surface area (Å²) in [6.45, 7) is 18.3. The molecule has 0 amide bonds. The van der Waals surface area contributed by atoms with Crippen molar-refractivity contribution in [3.63, 3.8) is 0 Å². The fourth-order valence-corrected chi connectivity index (χ4v) is 14.5. The molecule has 0 N–H and O–H groups in total. The Morgan fingerprint density at radius 1 is 0.444 bits per heavy atom. The van der Waals surface area contributed by atoms with Crippen molar-refractivity contribution in [2.24, 2.45) is 28.0 Å². The van der Waals surface area contributed by atoms with Crippen LogP contribution in [0.5, 0.6) is 0 Å². The first-order valence-corrected chi connectivity index (χ1v) is 31.5. The first kappa shape index (κ1) is 61.5. The van der Waals surface area contributed by atoms with Gasteiger partial charge < -0.3 is 28.4 Å². The molecule has 0 aliphatic heterocycles. The number of ketones is 2. The maximum Gasteiger partial charge on any atom is 0.167 e. The molecule has 0 bridgehead atoms. The van der Waals surface area contributed by atoms with Crippen LogP contribution in [0.25, 0.3) is 0 Å². The standard InChI is InChI=1S/C59H106N2O10S/c1-45-20-22-49(23-21-45)60-61-50-24-26-51(27-25-50)66-36-14-8-9-17-39-69-54-43-47(46(2)62)42-48(44-54)57(63)59(6,7)71-41-19-13-11-16-38-68-53-30-34-56(35-31-53)72(64,65)55-32-28-52(29-33-55)67-37-15-10-12-18-40-70-58(3,4)5/h45,47-56H,8-44H2,1-7H3. The van der Waals surface area contributed by atoms with E-state index in [1.807, 2.05) is 13.8 Å². The SMILES string of the molecule is CC(=O)C1CC(OCCCCCCOC2CCC(N=NC3CCC(C)CC3)CC2)CC(C(=O)C(C)(C)OCCCCCCOC2CCC(S(=O)(=O)C3CCC(OCCCCCCOC(C)(C)C)CC3)CC2)C1. The summed E-state index contributed by atoms with van der Waals surface area (Å²) >= 11 is 0. The first-order chi connectivity index (χ1) is 34.5. The molecule has 5 fully saturated rings. The van der Waals surface area contributed by atoms with Gasteiger partial charge in [-0.15, -0.1) is 0 Å². The van der Waals surface area contributed by atoms with Crippen LogP contribution in [0.4, 0.5) is 0 Å². The lowest BCUT2D eigenvalue weighted by atomic mass is 9.73. The summed E-state index contributed by atoms with van der Waals surface area (Å²) in [5.74, 6) is 0.673. The highest BCUT2D eigenvalue weighted by Crippen LogP contribution is 2.37. The summed E-state index contributed by atoms with van der Waals surface area (Å²) in [6, 6.07) is 0.830. The zero-order chi connectivity index (χ0) is 51.8. The molecule has 12 nitrogen and oxygen atoms in total. The molecule has 5 rings (SSSR count). The van der Waals surface area contributed by atoms with E-state index in [9.17, 15) is 18.0 Å². The summed E-state index contributed by atoms with van der Waals surface area (Å²) in [5, 5.41) is 8.99. The van der Waals surface area contributed by atoms with Gasteiger partial charge in [-0.25, -0.2) is 8.42 Å². The third-order valence-electron chi connectivity index (χ3n) is 16.9. The predicted molar refractivity (Wildman–Crippen MR) is 289 cm³/mol. The van der Waals surface area contributed by atoms with Gasteiger partial charge in [-0.05, 0) is 208 Å². The molecule has 5 saturated carbocycles. The maximum absolute atomic E-state index is 13.9. The molecular weight excluding hydrogens is 929 g/mol. The molecule has 0 heterocycles. The fraction of sp³-hybridized carbons (Fsp3) is 0.966. The number of carbonyl (C=O) groups is 2. The number of sulfone groups is 1. The molecule has 3 atom stereocenters. The van der Waals surface area contributed by atoms with E-state index in [-0.39, 0.29) is 57.8 Å². The van der Waals surface area contributed by atoms with Gasteiger partial charge in [-0.1, -0.05) is 45.4 Å². The summed E-state index contributed by atoms with van der Waals surface area (Å²) in [6.07, 6.45) is 30.5. The van der Waals surface area contributed by atoms with Crippen molar-refractivity contribution in [2.45, 2.75) is 306 Å². The summed E-state index contributed by atoms with van der Waals surface area (Å²) in [7, 11) is -3.15. The van der Waals surface area contributed by atoms with Crippen LogP contribution in [0, 0.1) is 17.8 Å². The van der Waals surface area contributed by atoms with Gasteiger partial charge in [0.05, 0.1) is 52.6 Å². The Balaban J connectivity index is 0.843. The fourth-order valence-electron chi connectivity index (χ4n) is 12.1. The summed E-state index contributed by atoms with van der Waals surface area (Å²) in [4.78, 5) is 26.5. The van der Waals surface area contributed by atoms with Crippen LogP contribution >= 0.6 is 0 Å². The van der Waals surface area contributed by atoms with Crippen molar-refractivity contribution in [2.75, 3.05) is 39.6 Å². The van der Waals surface area contributed by atoms with Crippen molar-refractivity contribution in [3.05, 3.63) is 0 Å². The van der Waals surface area contributed by atoms with Crippen molar-refractivity contribution < 1.29 is 46.4 Å². The highest BCUT2D eigenvalue weighted by Gasteiger charge is 2.42. The molecular formula is C59H106N2O10S. The van der Waals surface area contributed by atoms with Gasteiger partial charge in [0, 0.05) is 51.5 Å². The molecule has 0 radical (unpaired) electrons. The molecule has 13 heteroatoms. The maximum atomic E-state index is 13.9. The Morgan fingerprint density at radius 2 is 0.806 bits per heavy atom. The van der Waals surface area contributed by atoms with Gasteiger partial charge in [0.25, 0.3) is 0 Å². The predicted octanol–water partition coefficient (Wildman–Crippen LogP) is 13.7. The normalized spacial score (nSPS) is 30.2. The van der Waals surface area contributed by atoms with E-state index >= 15 is 0 Å². The lowest BCUT2D eigenvalue weighted by Gasteiger charge is -2.36. The molecule has 0 aromatic heterocycles. The first-order valence-electron chi connectivity index (χ1n) is 29.9. The van der Waals surface area contributed by atoms with Crippen LogP contribution in [0.3, 0.4) is 0 Å². The van der Waals surface area contributed by atoms with E-state index in [1.54, 1.807) is 6.92 Å². The van der Waals surface area contributed by atoms with Crippen molar-refractivity contribution in [3.8, 4) is 0 Å². The second-order valence-electron chi connectivity index (χ2n) is 24.7. The Hall–Kier alpha value is -1.35. The van der Waals surface area contributed by atoms with E-state index in [1.165, 1.54) is 25.7 Å². The summed E-state index contributed by atoms with van der Waals surface area (Å²) in [5.41, 5.74) is -0.990. The highest BCUT2D eigenvalue weighted by molar-refractivity contribution is 7.92. The van der Waals surface area contributed by atoms with Gasteiger partial charge in [0.15, 0.2) is 15.6 Å². The smallest absolute Gasteiger partial charge is 0.167 e. The van der Waals surface area contributed by atoms with Gasteiger partial charge in [0.1, 0.15) is 11.4 Å². The number of nitrogens with zero attached hydrogens (tertiary/aromatic N) is 2. The highest BCUT2D eigenvalue weighted by atomic mass is 32.2. The van der Waals surface area contributed by atoms with E-state index in [0.29, 0.717) is 70.1 Å². The lowest BCUT2D eigenvalue weighted by molar-refractivity contribution is -0.149. The average molecular weight is 1040 g/mol. The molecule has 5 aliphatic rings. The van der Waals surface area contributed by atoms with Crippen LogP contribution in [0.15, 0.2) is 10.2 Å². The Labute approximate surface area is 439 Å². The Kier molecular flexibility index (Phi) is 27.7. The minimum Gasteiger partial charge on any atom is -0.378 e. The van der Waals surface area contributed by atoms with Crippen LogP contribution < -0.4 is 0 Å². The molecule has 0 aromatic rings. The molecule has 5 aliphatic carbocycles. The number of rotatable bonds is 33. The quantitative estimate of drug-likeness (QED) is 0.0459. The summed E-state index contributed by atoms with van der Waals surface area (Å²) < 4.78 is 64.3. The van der Waals surface area contributed by atoms with Gasteiger partial charge in [-0.2, -0.15) is 10.2 Å². The minimum absolute atomic E-state index is 0.0722. The number of carbonyl (C=O) groups excluding carboxylic acids is 2. The number of unbranched alkanes of at least 4 members (excludes halogenated alkanes) is 9. The molecule has 0 aromatic carbocycles. The zero-order valence-corrected chi connectivity index (χ0v) is 47.7. The zero-order valence-electron chi connectivity index (χ0n) is 46.9. The Bertz CT molecular complexity index is 1640. The monoisotopic (exact) mass is 1030 g/mol. The molecule has 418 valence electrons. The number of azo groups is 1. The van der Waals surface area contributed by atoms with Crippen LogP contribution in [0.2, 0.25) is 0 Å². The third kappa shape index (κ3) is 23.1. The van der Waals surface area contributed by atoms with E-state index in [4.69, 9.17) is 38.6 Å². The van der Waals surface area contributed by atoms with E-state index in [0.717, 1.165) is 167 Å². The van der Waals surface area contributed by atoms with Gasteiger partial charge in [0.2, 0.25) is 0 Å². The molecule has 0 saturated heterocycles. The number of hydrogen-bond acceptors (Lipinski definition) is 12. The largest absolute Gasteiger partial charge is 0.378 e. The second-order valence-corrected chi connectivity index (χ2v) is 27.2. The minimum atomic E-state index is -3.15. The second kappa shape index (κ2) is 32.4. The van der Waals surface area contributed by atoms with E-state index in [2.05, 4.69) is 27.7 Å². The number of ether oxygens (including phenoxy) is 6. The van der Waals surface area contributed by atoms with Crippen molar-refractivity contribution in [1.82, 2.24) is 0 Å². The topological polar surface area (TPSA) is 148 Å². The van der Waals surface area contributed by atoms with Crippen LogP contribution in [0.1, 0.15) is 248 Å². The van der Waals surface area contributed by atoms with Crippen molar-refractivity contribution >= 4 is 21.4 Å². The van der Waals surface area contributed by atoms with Crippen LogP contribution in [-0.2, 0) is 47.8 Å².